The molecule has 0 radical (unpaired) electrons. The second kappa shape index (κ2) is 7.88. The van der Waals surface area contributed by atoms with E-state index in [-0.39, 0.29) is 23.3 Å². The molecule has 160 valence electrons. The molecule has 1 saturated carbocycles. The molecule has 1 aliphatic carbocycles. The smallest absolute Gasteiger partial charge is 0.417 e. The summed E-state index contributed by atoms with van der Waals surface area (Å²) >= 11 is 0. The Kier molecular flexibility index (Phi) is 5.24. The molecular formula is C20H16F3N5O3. The number of aromatic nitrogens is 3. The Labute approximate surface area is 173 Å². The van der Waals surface area contributed by atoms with Crippen LogP contribution in [-0.4, -0.2) is 44.5 Å². The van der Waals surface area contributed by atoms with Crippen LogP contribution in [0.15, 0.2) is 36.7 Å². The predicted molar refractivity (Wildman–Crippen MR) is 102 cm³/mol. The number of alkyl halides is 3. The number of hydrogen-bond acceptors (Lipinski definition) is 6. The highest BCUT2D eigenvalue weighted by atomic mass is 19.4. The Balaban J connectivity index is 1.63. The van der Waals surface area contributed by atoms with Crippen molar-refractivity contribution in [3.8, 4) is 22.9 Å². The van der Waals surface area contributed by atoms with Crippen molar-refractivity contribution in [3.63, 3.8) is 0 Å². The van der Waals surface area contributed by atoms with E-state index in [1.165, 1.54) is 10.6 Å². The second-order valence-corrected chi connectivity index (χ2v) is 7.12. The third-order valence-electron chi connectivity index (χ3n) is 4.73. The number of halogens is 3. The number of ether oxygens (including phenoxy) is 1. The van der Waals surface area contributed by atoms with E-state index < -0.39 is 18.9 Å². The first-order valence-corrected chi connectivity index (χ1v) is 9.33. The summed E-state index contributed by atoms with van der Waals surface area (Å²) in [6.07, 6.45) is -3.02. The van der Waals surface area contributed by atoms with E-state index in [0.717, 1.165) is 19.0 Å². The van der Waals surface area contributed by atoms with Gasteiger partial charge in [0.2, 0.25) is 5.91 Å². The largest absolute Gasteiger partial charge is 0.488 e. The predicted octanol–water partition coefficient (Wildman–Crippen LogP) is 2.92. The van der Waals surface area contributed by atoms with Crippen molar-refractivity contribution in [3.05, 3.63) is 42.4 Å². The molecule has 0 saturated heterocycles. The second-order valence-electron chi connectivity index (χ2n) is 7.12. The van der Waals surface area contributed by atoms with Crippen LogP contribution in [0.4, 0.5) is 19.0 Å². The van der Waals surface area contributed by atoms with Gasteiger partial charge in [-0.25, -0.2) is 9.50 Å². The first-order valence-electron chi connectivity index (χ1n) is 9.33. The number of nitrogens with one attached hydrogen (secondary N) is 1. The Bertz CT molecular complexity index is 1180. The van der Waals surface area contributed by atoms with Crippen molar-refractivity contribution in [1.29, 1.82) is 5.26 Å². The van der Waals surface area contributed by atoms with Crippen LogP contribution >= 0.6 is 0 Å². The van der Waals surface area contributed by atoms with Gasteiger partial charge in [-0.15, -0.1) is 0 Å². The highest BCUT2D eigenvalue weighted by molar-refractivity contribution is 5.93. The molecule has 0 bridgehead atoms. The van der Waals surface area contributed by atoms with Gasteiger partial charge in [0.1, 0.15) is 24.1 Å². The highest BCUT2D eigenvalue weighted by Gasteiger charge is 2.39. The normalized spacial score (nSPS) is 14.8. The van der Waals surface area contributed by atoms with E-state index in [2.05, 4.69) is 15.4 Å². The first-order chi connectivity index (χ1) is 14.7. The van der Waals surface area contributed by atoms with Gasteiger partial charge < -0.3 is 15.2 Å². The van der Waals surface area contributed by atoms with Gasteiger partial charge in [-0.2, -0.15) is 23.5 Å². The lowest BCUT2D eigenvalue weighted by Gasteiger charge is -2.17. The van der Waals surface area contributed by atoms with Gasteiger partial charge in [0.25, 0.3) is 0 Å². The van der Waals surface area contributed by atoms with Gasteiger partial charge >= 0.3 is 6.18 Å². The number of fused-ring (bicyclic) bond motifs is 1. The van der Waals surface area contributed by atoms with Crippen molar-refractivity contribution in [1.82, 2.24) is 14.6 Å². The molecule has 0 aliphatic heterocycles. The van der Waals surface area contributed by atoms with Crippen LogP contribution in [0.2, 0.25) is 0 Å². The third kappa shape index (κ3) is 4.59. The van der Waals surface area contributed by atoms with Crippen LogP contribution in [0, 0.1) is 17.2 Å². The minimum absolute atomic E-state index is 0.0200. The fourth-order valence-corrected chi connectivity index (χ4v) is 2.90. The summed E-state index contributed by atoms with van der Waals surface area (Å²) in [4.78, 5) is 15.8. The molecule has 2 N–H and O–H groups in total. The molecule has 8 nitrogen and oxygen atoms in total. The van der Waals surface area contributed by atoms with Crippen LogP contribution < -0.4 is 10.1 Å². The average Bonchev–Trinajstić information content (AvgIpc) is 3.51. The van der Waals surface area contributed by atoms with Crippen LogP contribution in [0.1, 0.15) is 18.5 Å². The van der Waals surface area contributed by atoms with Gasteiger partial charge in [-0.3, -0.25) is 4.79 Å². The van der Waals surface area contributed by atoms with Gasteiger partial charge in [0.05, 0.1) is 11.7 Å². The minimum atomic E-state index is -4.82. The Morgan fingerprint density at radius 3 is 2.84 bits per heavy atom. The Morgan fingerprint density at radius 2 is 2.16 bits per heavy atom. The van der Waals surface area contributed by atoms with E-state index in [0.29, 0.717) is 22.5 Å². The van der Waals surface area contributed by atoms with E-state index in [1.54, 1.807) is 24.4 Å². The lowest BCUT2D eigenvalue weighted by atomic mass is 10.1. The summed E-state index contributed by atoms with van der Waals surface area (Å²) < 4.78 is 44.5. The molecule has 1 fully saturated rings. The molecule has 1 atom stereocenters. The van der Waals surface area contributed by atoms with Gasteiger partial charge in [-0.1, -0.05) is 0 Å². The van der Waals surface area contributed by atoms with Crippen molar-refractivity contribution < 1.29 is 27.8 Å². The number of aliphatic hydroxyl groups is 1. The SMILES string of the molecule is N#Cc1cc(-c2ccn3nc(NC(=O)C4CC4)cc3c2)c(OC[C@@H](O)C(F)(F)F)cn1. The summed E-state index contributed by atoms with van der Waals surface area (Å²) in [5.74, 6) is 0.295. The van der Waals surface area contributed by atoms with Crippen molar-refractivity contribution in [2.75, 3.05) is 11.9 Å². The van der Waals surface area contributed by atoms with E-state index in [1.807, 2.05) is 6.07 Å². The average molecular weight is 431 g/mol. The van der Waals surface area contributed by atoms with Crippen LogP contribution in [0.5, 0.6) is 5.75 Å². The number of aliphatic hydroxyl groups excluding tert-OH is 1. The Hall–Kier alpha value is -3.65. The molecule has 0 aromatic carbocycles. The number of hydrogen-bond donors (Lipinski definition) is 2. The summed E-state index contributed by atoms with van der Waals surface area (Å²) in [5.41, 5.74) is 1.51. The van der Waals surface area contributed by atoms with Crippen LogP contribution in [0.3, 0.4) is 0 Å². The lowest BCUT2D eigenvalue weighted by Crippen LogP contribution is -2.34. The quantitative estimate of drug-likeness (QED) is 0.621. The monoisotopic (exact) mass is 431 g/mol. The van der Waals surface area contributed by atoms with E-state index in [4.69, 9.17) is 10.00 Å². The standard InChI is InChI=1S/C20H16F3N5O3/c21-20(22,23)17(29)10-31-16-9-25-13(8-24)6-15(16)12-3-4-28-14(5-12)7-18(27-28)26-19(30)11-1-2-11/h3-7,9,11,17,29H,1-2,10H2,(H,26,27,30)/t17-/m1/s1. The lowest BCUT2D eigenvalue weighted by molar-refractivity contribution is -0.210. The first kappa shape index (κ1) is 20.6. The number of rotatable bonds is 6. The maximum absolute atomic E-state index is 12.6. The molecule has 3 aromatic rings. The fraction of sp³-hybridized carbons (Fsp3) is 0.300. The number of carbonyl (C=O) groups is 1. The van der Waals surface area contributed by atoms with E-state index >= 15 is 0 Å². The number of anilines is 1. The highest BCUT2D eigenvalue weighted by Crippen LogP contribution is 2.33. The zero-order chi connectivity index (χ0) is 22.2. The number of carbonyl (C=O) groups excluding carboxylic acids is 1. The molecule has 3 aromatic heterocycles. The third-order valence-corrected chi connectivity index (χ3v) is 4.73. The molecule has 3 heterocycles. The maximum atomic E-state index is 12.6. The molecular weight excluding hydrogens is 415 g/mol. The molecule has 11 heteroatoms. The molecule has 0 unspecified atom stereocenters. The minimum Gasteiger partial charge on any atom is -0.488 e. The Morgan fingerprint density at radius 1 is 1.39 bits per heavy atom. The van der Waals surface area contributed by atoms with Gasteiger partial charge in [0, 0.05) is 23.7 Å². The summed E-state index contributed by atoms with van der Waals surface area (Å²) in [6, 6.07) is 8.23. The van der Waals surface area contributed by atoms with Crippen molar-refractivity contribution in [2.24, 2.45) is 5.92 Å². The zero-order valence-electron chi connectivity index (χ0n) is 15.9. The number of nitrogens with zero attached hydrogens (tertiary/aromatic N) is 4. The number of amides is 1. The number of pyridine rings is 2. The summed E-state index contributed by atoms with van der Waals surface area (Å²) in [7, 11) is 0. The molecule has 31 heavy (non-hydrogen) atoms. The van der Waals surface area contributed by atoms with Crippen molar-refractivity contribution >= 4 is 17.2 Å². The molecule has 0 spiro atoms. The maximum Gasteiger partial charge on any atom is 0.417 e. The van der Waals surface area contributed by atoms with Gasteiger partial charge in [-0.05, 0) is 36.6 Å². The van der Waals surface area contributed by atoms with E-state index in [9.17, 15) is 23.1 Å². The summed E-state index contributed by atoms with van der Waals surface area (Å²) in [5, 5.41) is 25.4. The zero-order valence-corrected chi connectivity index (χ0v) is 15.9. The molecule has 4 rings (SSSR count). The fourth-order valence-electron chi connectivity index (χ4n) is 2.90. The molecule has 1 aliphatic rings. The number of nitriles is 1. The topological polar surface area (TPSA) is 113 Å². The van der Waals surface area contributed by atoms with Gasteiger partial charge in [0.15, 0.2) is 11.9 Å². The van der Waals surface area contributed by atoms with Crippen molar-refractivity contribution in [2.45, 2.75) is 25.1 Å². The molecule has 1 amide bonds. The van der Waals surface area contributed by atoms with Crippen LogP contribution in [0.25, 0.3) is 16.6 Å². The summed E-state index contributed by atoms with van der Waals surface area (Å²) in [6.45, 7) is -1.02. The van der Waals surface area contributed by atoms with Crippen LogP contribution in [-0.2, 0) is 4.79 Å².